The van der Waals surface area contributed by atoms with E-state index >= 15 is 0 Å². The van der Waals surface area contributed by atoms with Crippen LogP contribution in [0.4, 0.5) is 0 Å². The van der Waals surface area contributed by atoms with Crippen LogP contribution in [0.1, 0.15) is 92.4 Å². The predicted octanol–water partition coefficient (Wildman–Crippen LogP) is 10.6. The lowest BCUT2D eigenvalue weighted by Crippen LogP contribution is -2.64. The topological polar surface area (TPSA) is 27.7 Å². The van der Waals surface area contributed by atoms with Gasteiger partial charge >= 0.3 is 0 Å². The molecule has 0 amide bonds. The van der Waals surface area contributed by atoms with Crippen LogP contribution in [0.5, 0.6) is 0 Å². The molecule has 0 aromatic rings. The van der Waals surface area contributed by atoms with Crippen LogP contribution in [-0.4, -0.2) is 43.3 Å². The van der Waals surface area contributed by atoms with E-state index in [9.17, 15) is 0 Å². The van der Waals surface area contributed by atoms with Crippen molar-refractivity contribution in [3.8, 4) is 0 Å². The first-order valence-corrected chi connectivity index (χ1v) is 27.9. The van der Waals surface area contributed by atoms with E-state index in [1.165, 1.54) is 57.8 Å². The van der Waals surface area contributed by atoms with Gasteiger partial charge < -0.3 is 13.3 Å². The molecule has 0 N–H and O–H groups in total. The molecule has 8 unspecified atom stereocenters. The van der Waals surface area contributed by atoms with Crippen molar-refractivity contribution in [3.05, 3.63) is 0 Å². The maximum atomic E-state index is 7.39. The normalized spacial score (nSPS) is 42.5. The highest BCUT2D eigenvalue weighted by atomic mass is 28.4. The van der Waals surface area contributed by atoms with Gasteiger partial charge in [0.2, 0.25) is 0 Å². The van der Waals surface area contributed by atoms with Crippen molar-refractivity contribution in [1.82, 2.24) is 0 Å². The smallest absolute Gasteiger partial charge is 0.184 e. The van der Waals surface area contributed by atoms with Crippen molar-refractivity contribution in [2.24, 2.45) is 52.3 Å². The van der Waals surface area contributed by atoms with Crippen molar-refractivity contribution in [2.75, 3.05) is 0 Å². The summed E-state index contributed by atoms with van der Waals surface area (Å²) in [6, 6.07) is 0. The Hall–Kier alpha value is 0.531. The van der Waals surface area contributed by atoms with Crippen LogP contribution in [0.2, 0.25) is 58.9 Å². The van der Waals surface area contributed by atoms with Crippen LogP contribution in [0.25, 0.3) is 0 Å². The highest BCUT2D eigenvalue weighted by Crippen LogP contribution is 2.69. The molecular formula is C35H70O3Si3. The lowest BCUT2D eigenvalue weighted by molar-refractivity contribution is -0.199. The summed E-state index contributed by atoms with van der Waals surface area (Å²) < 4.78 is 21.5. The number of rotatable bonds is 10. The molecule has 4 rings (SSSR count). The number of hydrogen-bond acceptors (Lipinski definition) is 3. The Morgan fingerprint density at radius 2 is 1.29 bits per heavy atom. The van der Waals surface area contributed by atoms with Gasteiger partial charge in [-0.3, -0.25) is 0 Å². The minimum absolute atomic E-state index is 0.264. The third-order valence-electron chi connectivity index (χ3n) is 12.2. The Labute approximate surface area is 259 Å². The lowest BCUT2D eigenvalue weighted by Gasteiger charge is -2.66. The second-order valence-corrected chi connectivity index (χ2v) is 32.5. The average molecular weight is 623 g/mol. The number of fused-ring (bicyclic) bond motifs is 5. The molecule has 0 bridgehead atoms. The van der Waals surface area contributed by atoms with E-state index < -0.39 is 25.0 Å². The minimum atomic E-state index is -1.71. The molecule has 0 aromatic heterocycles. The standard InChI is InChI=1S/C35H70O3Si3/c1-24(2)15-16-25(3)28-17-18-29-33-30(23-32(35(28,29)5)38-41(12,13)14)34(4)20-19-27(36-39(6,7)8)21-26(34)22-31(33)37-40(9,10)11/h24-33H,15-23H2,1-14H3/t25?,26-,27+,28?,29?,30?,31?,32-,33?,34?,35?/m0/s1. The molecule has 0 radical (unpaired) electrons. The van der Waals surface area contributed by atoms with Gasteiger partial charge in [-0.05, 0) is 156 Å². The van der Waals surface area contributed by atoms with E-state index in [-0.39, 0.29) is 5.41 Å². The summed E-state index contributed by atoms with van der Waals surface area (Å²) in [5.41, 5.74) is 0.646. The monoisotopic (exact) mass is 622 g/mol. The van der Waals surface area contributed by atoms with Crippen LogP contribution in [0.15, 0.2) is 0 Å². The van der Waals surface area contributed by atoms with Crippen LogP contribution in [0.3, 0.4) is 0 Å². The van der Waals surface area contributed by atoms with E-state index in [2.05, 4.69) is 93.5 Å². The Morgan fingerprint density at radius 1 is 0.683 bits per heavy atom. The molecule has 0 spiro atoms. The van der Waals surface area contributed by atoms with Crippen LogP contribution in [-0.2, 0) is 13.3 Å². The Bertz CT molecular complexity index is 889. The van der Waals surface area contributed by atoms with Gasteiger partial charge in [-0.15, -0.1) is 0 Å². The van der Waals surface area contributed by atoms with Crippen molar-refractivity contribution >= 4 is 25.0 Å². The predicted molar refractivity (Wildman–Crippen MR) is 184 cm³/mol. The van der Waals surface area contributed by atoms with E-state index in [1.54, 1.807) is 0 Å². The van der Waals surface area contributed by atoms with Crippen LogP contribution in [0, 0.1) is 52.3 Å². The van der Waals surface area contributed by atoms with Crippen molar-refractivity contribution in [3.63, 3.8) is 0 Å². The summed E-state index contributed by atoms with van der Waals surface area (Å²) in [6.07, 6.45) is 13.1. The zero-order valence-corrected chi connectivity index (χ0v) is 32.9. The molecule has 4 aliphatic carbocycles. The first-order valence-electron chi connectivity index (χ1n) is 17.7. The quantitative estimate of drug-likeness (QED) is 0.227. The molecular weight excluding hydrogens is 553 g/mol. The largest absolute Gasteiger partial charge is 0.415 e. The van der Waals surface area contributed by atoms with E-state index in [0.717, 1.165) is 23.7 Å². The van der Waals surface area contributed by atoms with E-state index in [0.29, 0.717) is 41.5 Å². The summed E-state index contributed by atoms with van der Waals surface area (Å²) in [7, 11) is -4.96. The first-order chi connectivity index (χ1) is 18.6. The fraction of sp³-hybridized carbons (Fsp3) is 1.00. The molecule has 4 saturated carbocycles. The molecule has 0 heterocycles. The first kappa shape index (κ1) is 34.4. The molecule has 41 heavy (non-hydrogen) atoms. The van der Waals surface area contributed by atoms with Gasteiger partial charge in [0.05, 0.1) is 6.10 Å². The van der Waals surface area contributed by atoms with Crippen molar-refractivity contribution in [2.45, 2.75) is 170 Å². The van der Waals surface area contributed by atoms with Crippen molar-refractivity contribution < 1.29 is 13.3 Å². The van der Waals surface area contributed by atoms with Gasteiger partial charge in [0.15, 0.2) is 25.0 Å². The van der Waals surface area contributed by atoms with Gasteiger partial charge in [-0.1, -0.05) is 47.5 Å². The molecule has 6 heteroatoms. The highest BCUT2D eigenvalue weighted by Gasteiger charge is 2.67. The molecule has 4 fully saturated rings. The molecule has 240 valence electrons. The molecule has 0 aromatic carbocycles. The highest BCUT2D eigenvalue weighted by molar-refractivity contribution is 6.70. The summed E-state index contributed by atoms with van der Waals surface area (Å²) >= 11 is 0. The second kappa shape index (κ2) is 12.0. The summed E-state index contributed by atoms with van der Waals surface area (Å²) in [5, 5.41) is 0. The number of hydrogen-bond donors (Lipinski definition) is 0. The fourth-order valence-electron chi connectivity index (χ4n) is 10.6. The minimum Gasteiger partial charge on any atom is -0.415 e. The third kappa shape index (κ3) is 7.51. The maximum Gasteiger partial charge on any atom is 0.184 e. The van der Waals surface area contributed by atoms with Gasteiger partial charge in [0, 0.05) is 12.2 Å². The van der Waals surface area contributed by atoms with Gasteiger partial charge in [0.1, 0.15) is 0 Å². The van der Waals surface area contributed by atoms with Gasteiger partial charge in [-0.25, -0.2) is 0 Å². The lowest BCUT2D eigenvalue weighted by atomic mass is 9.43. The fourth-order valence-corrected chi connectivity index (χ4v) is 14.2. The Balaban J connectivity index is 1.73. The summed E-state index contributed by atoms with van der Waals surface area (Å²) in [4.78, 5) is 0. The Morgan fingerprint density at radius 3 is 1.85 bits per heavy atom. The molecule has 0 aliphatic heterocycles. The molecule has 11 atom stereocenters. The van der Waals surface area contributed by atoms with Gasteiger partial charge in [-0.2, -0.15) is 0 Å². The Kier molecular flexibility index (Phi) is 10.1. The van der Waals surface area contributed by atoms with E-state index in [1.807, 2.05) is 0 Å². The zero-order chi connectivity index (χ0) is 30.8. The van der Waals surface area contributed by atoms with E-state index in [4.69, 9.17) is 13.3 Å². The SMILES string of the molecule is CC(C)CCC(C)C1CCC2C3C(O[Si](C)(C)C)C[C@@H]4C[C@H](O[Si](C)(C)C)CCC4(C)C3C[C@H](O[Si](C)(C)C)C12C. The second-order valence-electron chi connectivity index (χ2n) is 19.1. The van der Waals surface area contributed by atoms with Gasteiger partial charge in [0.25, 0.3) is 0 Å². The molecule has 0 saturated heterocycles. The third-order valence-corrected chi connectivity index (χ3v) is 15.2. The maximum absolute atomic E-state index is 7.39. The van der Waals surface area contributed by atoms with Crippen LogP contribution >= 0.6 is 0 Å². The molecule has 4 aliphatic rings. The van der Waals surface area contributed by atoms with Crippen molar-refractivity contribution in [1.29, 1.82) is 0 Å². The summed E-state index contributed by atoms with van der Waals surface area (Å²) in [6.45, 7) is 34.5. The molecule has 3 nitrogen and oxygen atoms in total. The zero-order valence-electron chi connectivity index (χ0n) is 29.9. The average Bonchev–Trinajstić information content (AvgIpc) is 3.14. The van der Waals surface area contributed by atoms with Crippen LogP contribution < -0.4 is 0 Å². The summed E-state index contributed by atoms with van der Waals surface area (Å²) in [5.74, 6) is 5.16.